The van der Waals surface area contributed by atoms with Gasteiger partial charge in [0.05, 0.1) is 12.3 Å². The van der Waals surface area contributed by atoms with Crippen LogP contribution >= 0.6 is 11.6 Å². The third kappa shape index (κ3) is 6.57. The van der Waals surface area contributed by atoms with Crippen molar-refractivity contribution in [1.82, 2.24) is 15.3 Å². The van der Waals surface area contributed by atoms with Crippen LogP contribution in [0.4, 0.5) is 34.0 Å². The fourth-order valence-electron chi connectivity index (χ4n) is 4.95. The molecule has 2 aromatic carbocycles. The van der Waals surface area contributed by atoms with Crippen LogP contribution in [0.25, 0.3) is 0 Å². The second-order valence-corrected chi connectivity index (χ2v) is 10.3. The van der Waals surface area contributed by atoms with E-state index in [0.29, 0.717) is 6.07 Å². The quantitative estimate of drug-likeness (QED) is 0.349. The summed E-state index contributed by atoms with van der Waals surface area (Å²) in [6, 6.07) is 6.88. The van der Waals surface area contributed by atoms with Gasteiger partial charge in [-0.15, -0.1) is 0 Å². The van der Waals surface area contributed by atoms with Crippen LogP contribution in [0, 0.1) is 23.0 Å². The molecule has 1 aliphatic heterocycles. The van der Waals surface area contributed by atoms with Gasteiger partial charge < -0.3 is 10.1 Å². The molecule has 1 N–H and O–H groups in total. The van der Waals surface area contributed by atoms with E-state index in [2.05, 4.69) is 15.3 Å². The number of carbonyl (C=O) groups excluding carboxylic acids is 3. The van der Waals surface area contributed by atoms with Gasteiger partial charge in [0.2, 0.25) is 11.9 Å². The van der Waals surface area contributed by atoms with Crippen molar-refractivity contribution in [3.05, 3.63) is 82.6 Å². The van der Waals surface area contributed by atoms with E-state index in [1.165, 1.54) is 30.5 Å². The van der Waals surface area contributed by atoms with Gasteiger partial charge in [0.1, 0.15) is 35.5 Å². The lowest BCUT2D eigenvalue weighted by Gasteiger charge is -2.40. The zero-order valence-corrected chi connectivity index (χ0v) is 22.8. The number of rotatable bonds is 7. The molecule has 2 heterocycles. The summed E-state index contributed by atoms with van der Waals surface area (Å²) < 4.78 is 61.4. The number of hydrogen-bond donors (Lipinski definition) is 1. The van der Waals surface area contributed by atoms with Crippen LogP contribution in [0.5, 0.6) is 0 Å². The number of nitriles is 1. The highest BCUT2D eigenvalue weighted by molar-refractivity contribution is 6.31. The van der Waals surface area contributed by atoms with E-state index in [4.69, 9.17) is 16.3 Å². The molecule has 0 bridgehead atoms. The first kappa shape index (κ1) is 32.2. The average molecular weight is 633 g/mol. The van der Waals surface area contributed by atoms with Gasteiger partial charge in [-0.2, -0.15) is 5.26 Å². The highest BCUT2D eigenvalue weighted by atomic mass is 35.5. The highest BCUT2D eigenvalue weighted by Gasteiger charge is 2.48. The number of halogens is 5. The molecule has 2 aliphatic rings. The zero-order valence-electron chi connectivity index (χ0n) is 22.0. The molecule has 0 radical (unpaired) electrons. The first-order valence-corrected chi connectivity index (χ1v) is 13.3. The molecule has 0 spiro atoms. The fraction of sp³-hybridized carbons (Fsp3) is 0.310. The minimum atomic E-state index is -2.99. The molecule has 44 heavy (non-hydrogen) atoms. The predicted molar refractivity (Wildman–Crippen MR) is 150 cm³/mol. The number of hydrogen-bond acceptors (Lipinski definition) is 7. The van der Waals surface area contributed by atoms with E-state index >= 15 is 0 Å². The number of amides is 3. The van der Waals surface area contributed by atoms with E-state index in [-0.39, 0.29) is 42.7 Å². The van der Waals surface area contributed by atoms with Crippen LogP contribution in [0.2, 0.25) is 5.02 Å². The summed E-state index contributed by atoms with van der Waals surface area (Å²) >= 11 is 6.44. The van der Waals surface area contributed by atoms with Gasteiger partial charge in [-0.3, -0.25) is 14.5 Å². The van der Waals surface area contributed by atoms with Gasteiger partial charge in [0, 0.05) is 48.2 Å². The van der Waals surface area contributed by atoms with Gasteiger partial charge >= 0.3 is 6.09 Å². The Hall–Kier alpha value is -4.77. The lowest BCUT2D eigenvalue weighted by Crippen LogP contribution is -2.59. The summed E-state index contributed by atoms with van der Waals surface area (Å²) in [4.78, 5) is 50.7. The van der Waals surface area contributed by atoms with E-state index in [1.54, 1.807) is 12.1 Å². The third-order valence-electron chi connectivity index (χ3n) is 6.89. The molecular formula is C29H25ClF4N6O4. The highest BCUT2D eigenvalue weighted by Crippen LogP contribution is 2.39. The van der Waals surface area contributed by atoms with Crippen molar-refractivity contribution >= 4 is 41.1 Å². The van der Waals surface area contributed by atoms with Gasteiger partial charge in [0.25, 0.3) is 11.8 Å². The number of nitrogens with one attached hydrogen (secondary N) is 1. The molecule has 1 aromatic heterocycles. The number of carbonyl (C=O) groups is 3. The summed E-state index contributed by atoms with van der Waals surface area (Å²) in [6.45, 7) is -0.255. The average Bonchev–Trinajstić information content (AvgIpc) is 2.94. The molecule has 2 fully saturated rings. The summed E-state index contributed by atoms with van der Waals surface area (Å²) in [5, 5.41) is 11.7. The lowest BCUT2D eigenvalue weighted by atomic mass is 9.87. The van der Waals surface area contributed by atoms with Crippen molar-refractivity contribution < 1.29 is 36.7 Å². The summed E-state index contributed by atoms with van der Waals surface area (Å²) in [5.74, 6) is -7.52. The van der Waals surface area contributed by atoms with Crippen LogP contribution in [0.3, 0.4) is 0 Å². The number of cyclic esters (lactones) is 1. The Morgan fingerprint density at radius 3 is 2.48 bits per heavy atom. The second kappa shape index (κ2) is 12.8. The number of benzene rings is 2. The van der Waals surface area contributed by atoms with Crippen LogP contribution in [-0.4, -0.2) is 52.5 Å². The van der Waals surface area contributed by atoms with E-state index in [9.17, 15) is 37.2 Å². The van der Waals surface area contributed by atoms with E-state index in [1.807, 2.05) is 0 Å². The Balaban J connectivity index is 0.00000442. The van der Waals surface area contributed by atoms with Crippen LogP contribution in [-0.2, 0) is 14.3 Å². The number of alkyl halides is 2. The summed E-state index contributed by atoms with van der Waals surface area (Å²) in [5.41, 5.74) is -0.547. The SMILES string of the molecule is C.N#Cc1ccnc(N2C(=O)OCC[C@H]2C(=O)N(c2cc(F)cc(F)c2)[C@H](C(=O)NC2CC(F)(F)C2)c2ccccc2Cl)n1. The number of ether oxygens (including phenoxy) is 1. The normalized spacial score (nSPS) is 18.1. The predicted octanol–water partition coefficient (Wildman–Crippen LogP) is 5.32. The Morgan fingerprint density at radius 2 is 1.84 bits per heavy atom. The monoisotopic (exact) mass is 632 g/mol. The molecule has 5 rings (SSSR count). The van der Waals surface area contributed by atoms with Crippen LogP contribution in [0.1, 0.15) is 44.0 Å². The largest absolute Gasteiger partial charge is 0.449 e. The molecule has 15 heteroatoms. The van der Waals surface area contributed by atoms with Crippen molar-refractivity contribution in [1.29, 1.82) is 5.26 Å². The van der Waals surface area contributed by atoms with Gasteiger partial charge in [-0.05, 0) is 24.3 Å². The first-order chi connectivity index (χ1) is 20.5. The van der Waals surface area contributed by atoms with Crippen molar-refractivity contribution in [2.45, 2.75) is 50.7 Å². The molecule has 230 valence electrons. The van der Waals surface area contributed by atoms with E-state index < -0.39 is 72.1 Å². The minimum absolute atomic E-state index is 0. The topological polar surface area (TPSA) is 129 Å². The molecule has 3 aromatic rings. The maximum absolute atomic E-state index is 14.6. The maximum atomic E-state index is 14.6. The molecule has 1 aliphatic carbocycles. The zero-order chi connectivity index (χ0) is 30.9. The van der Waals surface area contributed by atoms with Crippen molar-refractivity contribution in [3.8, 4) is 6.07 Å². The van der Waals surface area contributed by atoms with Crippen molar-refractivity contribution in [2.75, 3.05) is 16.4 Å². The number of anilines is 2. The molecule has 0 unspecified atom stereocenters. The molecule has 3 amide bonds. The standard InChI is InChI=1S/C28H21ClF4N6O4.CH4/c29-21-4-2-1-3-20(21)23(24(40)36-18-12-28(32,33)13-18)38(19-10-15(30)9-16(31)11-19)25(41)22-6-8-43-27(42)39(22)26-35-7-5-17(14-34)37-26;/h1-5,7,9-11,18,22-23H,6,8,12-13H2,(H,36,40);1H4/t22-,23-;/m0./s1. The van der Waals surface area contributed by atoms with Crippen molar-refractivity contribution in [2.24, 2.45) is 0 Å². The molecule has 1 saturated carbocycles. The smallest absolute Gasteiger partial charge is 0.417 e. The van der Waals surface area contributed by atoms with Crippen LogP contribution in [0.15, 0.2) is 54.7 Å². The second-order valence-electron chi connectivity index (χ2n) is 9.87. The number of aromatic nitrogens is 2. The molecule has 2 atom stereocenters. The molecular weight excluding hydrogens is 608 g/mol. The third-order valence-corrected chi connectivity index (χ3v) is 7.23. The first-order valence-electron chi connectivity index (χ1n) is 12.9. The maximum Gasteiger partial charge on any atom is 0.417 e. The van der Waals surface area contributed by atoms with Crippen molar-refractivity contribution in [3.63, 3.8) is 0 Å². The molecule has 1 saturated heterocycles. The van der Waals surface area contributed by atoms with Crippen LogP contribution < -0.4 is 15.1 Å². The lowest BCUT2D eigenvalue weighted by molar-refractivity contribution is -0.133. The Kier molecular flexibility index (Phi) is 9.39. The fourth-order valence-corrected chi connectivity index (χ4v) is 5.18. The van der Waals surface area contributed by atoms with Gasteiger partial charge in [-0.25, -0.2) is 37.2 Å². The van der Waals surface area contributed by atoms with Gasteiger partial charge in [-0.1, -0.05) is 37.2 Å². The summed E-state index contributed by atoms with van der Waals surface area (Å²) in [6.07, 6.45) is -1.35. The Bertz CT molecular complexity index is 1610. The summed E-state index contributed by atoms with van der Waals surface area (Å²) in [7, 11) is 0. The minimum Gasteiger partial charge on any atom is -0.449 e. The molecule has 10 nitrogen and oxygen atoms in total. The Labute approximate surface area is 254 Å². The van der Waals surface area contributed by atoms with E-state index in [0.717, 1.165) is 21.9 Å². The number of nitrogens with zero attached hydrogens (tertiary/aromatic N) is 5. The Morgan fingerprint density at radius 1 is 1.16 bits per heavy atom. The van der Waals surface area contributed by atoms with Gasteiger partial charge in [0.15, 0.2) is 0 Å².